The number of rotatable bonds is 8. The van der Waals surface area contributed by atoms with Crippen molar-refractivity contribution < 1.29 is 4.74 Å². The van der Waals surface area contributed by atoms with E-state index in [0.29, 0.717) is 6.61 Å². The first-order chi connectivity index (χ1) is 12.9. The fourth-order valence-corrected chi connectivity index (χ4v) is 3.31. The fourth-order valence-electron chi connectivity index (χ4n) is 2.45. The highest BCUT2D eigenvalue weighted by Gasteiger charge is 2.10. The number of guanidine groups is 1. The van der Waals surface area contributed by atoms with Gasteiger partial charge in [0.15, 0.2) is 5.96 Å². The van der Waals surface area contributed by atoms with Crippen LogP contribution in [0.5, 0.6) is 0 Å². The second-order valence-electron chi connectivity index (χ2n) is 7.40. The topological polar surface area (TPSA) is 58.5 Å². The van der Waals surface area contributed by atoms with Crippen molar-refractivity contribution in [1.29, 1.82) is 0 Å². The zero-order chi connectivity index (χ0) is 19.7. The Morgan fingerprint density at radius 1 is 1.22 bits per heavy atom. The maximum atomic E-state index is 5.86. The van der Waals surface area contributed by atoms with Crippen molar-refractivity contribution in [3.05, 3.63) is 51.5 Å². The lowest BCUT2D eigenvalue weighted by Crippen LogP contribution is -2.37. The molecule has 0 aliphatic rings. The standard InChI is InChI=1S/C21H32N4OS/c1-6-18-14-24-19(27-18)10-11-23-20(22-5)25-13-16-8-7-9-17(12-16)15-26-21(2,3)4/h7-9,12,14H,6,10-11,13,15H2,1-5H3,(H2,22,23,25). The number of hydrogen-bond acceptors (Lipinski definition) is 4. The van der Waals surface area contributed by atoms with Gasteiger partial charge in [-0.3, -0.25) is 4.99 Å². The van der Waals surface area contributed by atoms with Gasteiger partial charge in [-0.15, -0.1) is 11.3 Å². The molecule has 1 aromatic heterocycles. The molecule has 0 bridgehead atoms. The molecule has 1 heterocycles. The molecule has 27 heavy (non-hydrogen) atoms. The van der Waals surface area contributed by atoms with Gasteiger partial charge in [0.2, 0.25) is 0 Å². The molecule has 0 radical (unpaired) electrons. The van der Waals surface area contributed by atoms with Crippen molar-refractivity contribution >= 4 is 17.3 Å². The molecule has 1 aromatic carbocycles. The average Bonchev–Trinajstić information content (AvgIpc) is 3.10. The van der Waals surface area contributed by atoms with Gasteiger partial charge in [0, 0.05) is 37.6 Å². The van der Waals surface area contributed by atoms with Crippen molar-refractivity contribution in [2.24, 2.45) is 4.99 Å². The Labute approximate surface area is 167 Å². The van der Waals surface area contributed by atoms with E-state index in [-0.39, 0.29) is 5.60 Å². The Hall–Kier alpha value is -1.92. The van der Waals surface area contributed by atoms with Gasteiger partial charge < -0.3 is 15.4 Å². The summed E-state index contributed by atoms with van der Waals surface area (Å²) in [6.45, 7) is 10.5. The van der Waals surface area contributed by atoms with Gasteiger partial charge in [-0.25, -0.2) is 4.98 Å². The van der Waals surface area contributed by atoms with Crippen LogP contribution in [0.15, 0.2) is 35.5 Å². The molecule has 0 spiro atoms. The number of ether oxygens (including phenoxy) is 1. The molecule has 0 saturated heterocycles. The van der Waals surface area contributed by atoms with E-state index < -0.39 is 0 Å². The number of aryl methyl sites for hydroxylation is 1. The number of nitrogens with zero attached hydrogens (tertiary/aromatic N) is 2. The van der Waals surface area contributed by atoms with Crippen LogP contribution in [0.2, 0.25) is 0 Å². The van der Waals surface area contributed by atoms with E-state index >= 15 is 0 Å². The molecule has 5 nitrogen and oxygen atoms in total. The molecule has 0 unspecified atom stereocenters. The van der Waals surface area contributed by atoms with Crippen molar-refractivity contribution in [2.45, 2.75) is 59.3 Å². The van der Waals surface area contributed by atoms with Crippen LogP contribution in [0.3, 0.4) is 0 Å². The first kappa shape index (κ1) is 21.4. The quantitative estimate of drug-likeness (QED) is 0.531. The van der Waals surface area contributed by atoms with Gasteiger partial charge >= 0.3 is 0 Å². The van der Waals surface area contributed by atoms with E-state index in [0.717, 1.165) is 31.9 Å². The lowest BCUT2D eigenvalue weighted by atomic mass is 10.1. The number of benzene rings is 1. The monoisotopic (exact) mass is 388 g/mol. The maximum absolute atomic E-state index is 5.86. The normalized spacial score (nSPS) is 12.3. The highest BCUT2D eigenvalue weighted by molar-refractivity contribution is 7.11. The molecule has 0 aliphatic heterocycles. The minimum atomic E-state index is -0.129. The van der Waals surface area contributed by atoms with E-state index in [1.165, 1.54) is 21.0 Å². The third-order valence-corrected chi connectivity index (χ3v) is 5.13. The molecule has 0 fully saturated rings. The van der Waals surface area contributed by atoms with Crippen LogP contribution >= 0.6 is 11.3 Å². The zero-order valence-electron chi connectivity index (χ0n) is 17.1. The van der Waals surface area contributed by atoms with Crippen molar-refractivity contribution in [2.75, 3.05) is 13.6 Å². The average molecular weight is 389 g/mol. The predicted molar refractivity (Wildman–Crippen MR) is 114 cm³/mol. The van der Waals surface area contributed by atoms with Crippen LogP contribution in [-0.4, -0.2) is 30.1 Å². The number of aliphatic imine (C=N–C) groups is 1. The smallest absolute Gasteiger partial charge is 0.191 e. The Kier molecular flexibility index (Phi) is 8.25. The first-order valence-electron chi connectivity index (χ1n) is 9.49. The molecule has 0 aliphatic carbocycles. The summed E-state index contributed by atoms with van der Waals surface area (Å²) in [5.41, 5.74) is 2.26. The van der Waals surface area contributed by atoms with Gasteiger partial charge in [-0.2, -0.15) is 0 Å². The molecular formula is C21H32N4OS. The highest BCUT2D eigenvalue weighted by atomic mass is 32.1. The van der Waals surface area contributed by atoms with Crippen LogP contribution in [0, 0.1) is 0 Å². The Balaban J connectivity index is 1.78. The molecule has 2 N–H and O–H groups in total. The molecular weight excluding hydrogens is 356 g/mol. The largest absolute Gasteiger partial charge is 0.371 e. The second-order valence-corrected chi connectivity index (χ2v) is 8.60. The van der Waals surface area contributed by atoms with Crippen molar-refractivity contribution in [3.63, 3.8) is 0 Å². The number of hydrogen-bond donors (Lipinski definition) is 2. The summed E-state index contributed by atoms with van der Waals surface area (Å²) in [7, 11) is 1.79. The van der Waals surface area contributed by atoms with Gasteiger partial charge in [0.05, 0.1) is 17.2 Å². The Morgan fingerprint density at radius 3 is 2.67 bits per heavy atom. The lowest BCUT2D eigenvalue weighted by Gasteiger charge is -2.19. The van der Waals surface area contributed by atoms with Crippen LogP contribution in [0.1, 0.15) is 48.7 Å². The van der Waals surface area contributed by atoms with Gasteiger partial charge in [-0.1, -0.05) is 31.2 Å². The highest BCUT2D eigenvalue weighted by Crippen LogP contribution is 2.14. The SMILES string of the molecule is CCc1cnc(CCNC(=NC)NCc2cccc(COC(C)(C)C)c2)s1. The summed E-state index contributed by atoms with van der Waals surface area (Å²) < 4.78 is 5.86. The lowest BCUT2D eigenvalue weighted by molar-refractivity contribution is -0.0149. The maximum Gasteiger partial charge on any atom is 0.191 e. The van der Waals surface area contributed by atoms with Crippen LogP contribution in [0.25, 0.3) is 0 Å². The van der Waals surface area contributed by atoms with Crippen molar-refractivity contribution in [3.8, 4) is 0 Å². The minimum absolute atomic E-state index is 0.129. The number of nitrogens with one attached hydrogen (secondary N) is 2. The van der Waals surface area contributed by atoms with Gasteiger partial charge in [-0.05, 0) is 38.3 Å². The molecule has 148 valence electrons. The van der Waals surface area contributed by atoms with E-state index in [2.05, 4.69) is 72.6 Å². The Bertz CT molecular complexity index is 734. The van der Waals surface area contributed by atoms with Crippen LogP contribution in [-0.2, 0) is 30.7 Å². The van der Waals surface area contributed by atoms with E-state index in [9.17, 15) is 0 Å². The molecule has 6 heteroatoms. The summed E-state index contributed by atoms with van der Waals surface area (Å²) in [6, 6.07) is 8.46. The third kappa shape index (κ3) is 8.10. The second kappa shape index (κ2) is 10.4. The molecule has 2 rings (SSSR count). The van der Waals surface area contributed by atoms with Gasteiger partial charge in [0.1, 0.15) is 0 Å². The number of thiazole rings is 1. The summed E-state index contributed by atoms with van der Waals surface area (Å²) >= 11 is 1.79. The zero-order valence-corrected chi connectivity index (χ0v) is 17.9. The van der Waals surface area contributed by atoms with Crippen LogP contribution < -0.4 is 10.6 Å². The predicted octanol–water partition coefficient (Wildman–Crippen LogP) is 3.93. The van der Waals surface area contributed by atoms with Crippen LogP contribution in [0.4, 0.5) is 0 Å². The summed E-state index contributed by atoms with van der Waals surface area (Å²) in [5.74, 6) is 0.804. The van der Waals surface area contributed by atoms with E-state index in [1.54, 1.807) is 18.4 Å². The summed E-state index contributed by atoms with van der Waals surface area (Å²) in [6.07, 6.45) is 3.93. The Morgan fingerprint density at radius 2 is 2.00 bits per heavy atom. The molecule has 2 aromatic rings. The minimum Gasteiger partial charge on any atom is -0.371 e. The fraction of sp³-hybridized carbons (Fsp3) is 0.524. The summed E-state index contributed by atoms with van der Waals surface area (Å²) in [4.78, 5) is 10.1. The molecule has 0 amide bonds. The third-order valence-electron chi connectivity index (χ3n) is 3.93. The van der Waals surface area contributed by atoms with Gasteiger partial charge in [0.25, 0.3) is 0 Å². The van der Waals surface area contributed by atoms with E-state index in [4.69, 9.17) is 4.74 Å². The molecule has 0 saturated carbocycles. The first-order valence-corrected chi connectivity index (χ1v) is 10.3. The molecule has 0 atom stereocenters. The van der Waals surface area contributed by atoms with Crippen molar-refractivity contribution in [1.82, 2.24) is 15.6 Å². The van der Waals surface area contributed by atoms with E-state index in [1.807, 2.05) is 6.20 Å². The summed E-state index contributed by atoms with van der Waals surface area (Å²) in [5, 5.41) is 7.89. The number of aromatic nitrogens is 1.